The summed E-state index contributed by atoms with van der Waals surface area (Å²) >= 11 is 7.75. The fourth-order valence-corrected chi connectivity index (χ4v) is 4.43. The minimum atomic E-state index is -0.490. The Hall–Kier alpha value is -3.36. The van der Waals surface area contributed by atoms with Gasteiger partial charge in [0, 0.05) is 10.7 Å². The Balaban J connectivity index is 1.62. The van der Waals surface area contributed by atoms with Crippen LogP contribution in [0.2, 0.25) is 5.02 Å². The van der Waals surface area contributed by atoms with Crippen LogP contribution in [0.3, 0.4) is 0 Å². The second-order valence-corrected chi connectivity index (χ2v) is 8.39. The first kappa shape index (κ1) is 19.6. The lowest BCUT2D eigenvalue weighted by Gasteiger charge is -2.34. The Morgan fingerprint density at radius 2 is 2.13 bits per heavy atom. The number of benzene rings is 1. The number of nitrogens with one attached hydrogen (secondary N) is 1. The van der Waals surface area contributed by atoms with Crippen LogP contribution in [-0.4, -0.2) is 21.1 Å². The van der Waals surface area contributed by atoms with Crippen LogP contribution in [0.25, 0.3) is 16.3 Å². The largest absolute Gasteiger partial charge is 0.467 e. The molecule has 0 spiro atoms. The minimum absolute atomic E-state index is 0.249. The highest BCUT2D eigenvalue weighted by molar-refractivity contribution is 7.13. The van der Waals surface area contributed by atoms with Crippen molar-refractivity contribution in [3.8, 4) is 10.7 Å². The first-order valence-corrected chi connectivity index (χ1v) is 10.8. The van der Waals surface area contributed by atoms with E-state index in [1.54, 1.807) is 23.3 Å². The lowest BCUT2D eigenvalue weighted by Crippen LogP contribution is -2.45. The van der Waals surface area contributed by atoms with E-state index in [-0.39, 0.29) is 12.6 Å². The van der Waals surface area contributed by atoms with Crippen LogP contribution < -0.4 is 5.32 Å². The molecule has 156 valence electrons. The van der Waals surface area contributed by atoms with Crippen molar-refractivity contribution in [3.63, 3.8) is 0 Å². The number of urea groups is 1. The van der Waals surface area contributed by atoms with Gasteiger partial charge in [0.25, 0.3) is 5.89 Å². The van der Waals surface area contributed by atoms with E-state index >= 15 is 0 Å². The van der Waals surface area contributed by atoms with Crippen LogP contribution >= 0.6 is 22.9 Å². The number of nitrogens with zero attached hydrogens (tertiary/aromatic N) is 3. The number of halogens is 1. The van der Waals surface area contributed by atoms with Crippen molar-refractivity contribution in [2.45, 2.75) is 19.5 Å². The minimum Gasteiger partial charge on any atom is -0.467 e. The third-order valence-electron chi connectivity index (χ3n) is 5.07. The van der Waals surface area contributed by atoms with Gasteiger partial charge < -0.3 is 14.3 Å². The van der Waals surface area contributed by atoms with E-state index < -0.39 is 6.04 Å². The molecular weight excluding hydrogens is 436 g/mol. The molecule has 1 unspecified atom stereocenters. The zero-order valence-corrected chi connectivity index (χ0v) is 18.0. The van der Waals surface area contributed by atoms with Gasteiger partial charge in [0.2, 0.25) is 5.82 Å². The third-order valence-corrected chi connectivity index (χ3v) is 6.17. The number of thiophene rings is 1. The maximum absolute atomic E-state index is 13.0. The van der Waals surface area contributed by atoms with Crippen molar-refractivity contribution in [1.82, 2.24) is 20.4 Å². The summed E-state index contributed by atoms with van der Waals surface area (Å²) in [4.78, 5) is 20.1. The van der Waals surface area contributed by atoms with Crippen LogP contribution in [0, 0.1) is 0 Å². The number of furan rings is 1. The van der Waals surface area contributed by atoms with E-state index in [1.807, 2.05) is 48.7 Å². The molecule has 1 N–H and O–H groups in total. The molecule has 3 aromatic heterocycles. The van der Waals surface area contributed by atoms with E-state index in [4.69, 9.17) is 20.5 Å². The predicted octanol–water partition coefficient (Wildman–Crippen LogP) is 5.74. The Kier molecular flexibility index (Phi) is 5.09. The molecule has 1 atom stereocenters. The highest BCUT2D eigenvalue weighted by atomic mass is 35.5. The number of hydrogen-bond donors (Lipinski definition) is 1. The van der Waals surface area contributed by atoms with E-state index in [0.717, 1.165) is 10.4 Å². The number of allylic oxidation sites excluding steroid dienone is 1. The number of carbonyl (C=O) groups is 1. The molecule has 7 nitrogen and oxygen atoms in total. The van der Waals surface area contributed by atoms with Crippen molar-refractivity contribution in [2.75, 3.05) is 0 Å². The second-order valence-electron chi connectivity index (χ2n) is 7.00. The highest BCUT2D eigenvalue weighted by Gasteiger charge is 2.36. The van der Waals surface area contributed by atoms with Crippen molar-refractivity contribution < 1.29 is 13.7 Å². The molecule has 4 heterocycles. The van der Waals surface area contributed by atoms with Gasteiger partial charge >= 0.3 is 6.03 Å². The van der Waals surface area contributed by atoms with Gasteiger partial charge in [-0.1, -0.05) is 35.0 Å². The molecule has 2 amide bonds. The Labute approximate surface area is 186 Å². The summed E-state index contributed by atoms with van der Waals surface area (Å²) in [6.07, 6.45) is 1.58. The Bertz CT molecular complexity index is 1250. The van der Waals surface area contributed by atoms with Crippen molar-refractivity contribution in [1.29, 1.82) is 0 Å². The maximum atomic E-state index is 13.0. The first-order valence-electron chi connectivity index (χ1n) is 9.55. The van der Waals surface area contributed by atoms with Crippen molar-refractivity contribution in [3.05, 3.63) is 88.1 Å². The molecule has 1 aliphatic rings. The van der Waals surface area contributed by atoms with Crippen LogP contribution in [0.15, 0.2) is 74.8 Å². The summed E-state index contributed by atoms with van der Waals surface area (Å²) in [6, 6.07) is 14.1. The predicted molar refractivity (Wildman–Crippen MR) is 117 cm³/mol. The fraction of sp³-hybridized carbons (Fsp3) is 0.136. The summed E-state index contributed by atoms with van der Waals surface area (Å²) in [5.74, 6) is 1.51. The summed E-state index contributed by atoms with van der Waals surface area (Å²) in [6.45, 7) is 2.14. The standard InChI is InChI=1S/C22H17ClN4O3S/c1-13-18(21-25-20(26-30-21)17-8-4-10-31-17)19(14-5-2-6-15(23)11-14)24-22(28)27(13)12-16-7-3-9-29-16/h2-11,19H,12H2,1H3,(H,24,28). The molecule has 0 saturated heterocycles. The SMILES string of the molecule is CC1=C(c2nc(-c3cccs3)no2)C(c2cccc(Cl)c2)NC(=O)N1Cc1ccco1. The van der Waals surface area contributed by atoms with Crippen molar-refractivity contribution in [2.24, 2.45) is 0 Å². The molecule has 1 aromatic carbocycles. The van der Waals surface area contributed by atoms with Gasteiger partial charge in [-0.15, -0.1) is 11.3 Å². The van der Waals surface area contributed by atoms with Gasteiger partial charge in [-0.3, -0.25) is 4.90 Å². The number of rotatable bonds is 5. The number of carbonyl (C=O) groups excluding carboxylic acids is 1. The number of aromatic nitrogens is 2. The van der Waals surface area contributed by atoms with Gasteiger partial charge in [-0.25, -0.2) is 4.79 Å². The van der Waals surface area contributed by atoms with E-state index in [2.05, 4.69) is 15.5 Å². The van der Waals surface area contributed by atoms with Crippen LogP contribution in [-0.2, 0) is 6.54 Å². The van der Waals surface area contributed by atoms with Crippen LogP contribution in [0.1, 0.15) is 30.2 Å². The van der Waals surface area contributed by atoms with E-state index in [9.17, 15) is 4.79 Å². The highest BCUT2D eigenvalue weighted by Crippen LogP contribution is 2.38. The van der Waals surface area contributed by atoms with Gasteiger partial charge in [-0.2, -0.15) is 4.98 Å². The maximum Gasteiger partial charge on any atom is 0.322 e. The first-order chi connectivity index (χ1) is 15.1. The van der Waals surface area contributed by atoms with Crippen molar-refractivity contribution >= 4 is 34.5 Å². The number of hydrogen-bond acceptors (Lipinski definition) is 6. The molecule has 31 heavy (non-hydrogen) atoms. The summed E-state index contributed by atoms with van der Waals surface area (Å²) < 4.78 is 11.1. The average molecular weight is 453 g/mol. The molecule has 0 saturated carbocycles. The smallest absolute Gasteiger partial charge is 0.322 e. The zero-order valence-electron chi connectivity index (χ0n) is 16.4. The zero-order chi connectivity index (χ0) is 21.4. The Morgan fingerprint density at radius 1 is 1.23 bits per heavy atom. The number of amides is 2. The topological polar surface area (TPSA) is 84.4 Å². The fourth-order valence-electron chi connectivity index (χ4n) is 3.58. The van der Waals surface area contributed by atoms with Crippen LogP contribution in [0.4, 0.5) is 4.79 Å². The van der Waals surface area contributed by atoms with E-state index in [0.29, 0.717) is 33.8 Å². The molecule has 0 fully saturated rings. The van der Waals surface area contributed by atoms with Crippen LogP contribution in [0.5, 0.6) is 0 Å². The monoisotopic (exact) mass is 452 g/mol. The molecule has 4 aromatic rings. The molecule has 0 bridgehead atoms. The van der Waals surface area contributed by atoms with Gasteiger partial charge in [0.1, 0.15) is 5.76 Å². The van der Waals surface area contributed by atoms with Gasteiger partial charge in [-0.05, 0) is 48.2 Å². The summed E-state index contributed by atoms with van der Waals surface area (Å²) in [5.41, 5.74) is 2.24. The van der Waals surface area contributed by atoms with Gasteiger partial charge in [0.05, 0.1) is 29.3 Å². The molecular formula is C22H17ClN4O3S. The summed E-state index contributed by atoms with van der Waals surface area (Å²) in [5, 5.41) is 9.73. The Morgan fingerprint density at radius 3 is 2.87 bits per heavy atom. The second kappa shape index (κ2) is 8.05. The lowest BCUT2D eigenvalue weighted by atomic mass is 9.94. The molecule has 0 radical (unpaired) electrons. The lowest BCUT2D eigenvalue weighted by molar-refractivity contribution is 0.199. The summed E-state index contributed by atoms with van der Waals surface area (Å²) in [7, 11) is 0. The molecule has 9 heteroatoms. The molecule has 0 aliphatic carbocycles. The normalized spacial score (nSPS) is 16.6. The van der Waals surface area contributed by atoms with E-state index in [1.165, 1.54) is 11.3 Å². The van der Waals surface area contributed by atoms with Gasteiger partial charge in [0.15, 0.2) is 0 Å². The quantitative estimate of drug-likeness (QED) is 0.417. The third kappa shape index (κ3) is 3.75. The average Bonchev–Trinajstić information content (AvgIpc) is 3.53. The molecule has 5 rings (SSSR count). The molecule has 1 aliphatic heterocycles.